The number of ether oxygens (including phenoxy) is 2. The summed E-state index contributed by atoms with van der Waals surface area (Å²) in [7, 11) is 0. The van der Waals surface area contributed by atoms with Gasteiger partial charge in [-0.1, -0.05) is 5.16 Å². The molecule has 0 bridgehead atoms. The minimum atomic E-state index is -0.644. The van der Waals surface area contributed by atoms with E-state index >= 15 is 0 Å². The second kappa shape index (κ2) is 5.51. The zero-order chi connectivity index (χ0) is 12.1. The van der Waals surface area contributed by atoms with Crippen molar-refractivity contribution in [3.63, 3.8) is 0 Å². The SMILES string of the molecule is CCOC(OCC)c1nc(-c2ncn[nH]2)no1. The highest BCUT2D eigenvalue weighted by Gasteiger charge is 2.20. The first-order valence-electron chi connectivity index (χ1n) is 5.27. The van der Waals surface area contributed by atoms with E-state index in [1.54, 1.807) is 0 Å². The highest BCUT2D eigenvalue weighted by Crippen LogP contribution is 2.19. The molecule has 0 saturated carbocycles. The Bertz CT molecular complexity index is 435. The normalized spacial score (nSPS) is 11.2. The minimum absolute atomic E-state index is 0.264. The van der Waals surface area contributed by atoms with Crippen molar-refractivity contribution in [3.05, 3.63) is 12.2 Å². The summed E-state index contributed by atoms with van der Waals surface area (Å²) >= 11 is 0. The molecule has 2 rings (SSSR count). The number of hydrogen-bond donors (Lipinski definition) is 1. The fourth-order valence-corrected chi connectivity index (χ4v) is 1.23. The molecule has 17 heavy (non-hydrogen) atoms. The van der Waals surface area contributed by atoms with Crippen LogP contribution in [0.3, 0.4) is 0 Å². The van der Waals surface area contributed by atoms with Gasteiger partial charge in [-0.25, -0.2) is 4.98 Å². The van der Waals surface area contributed by atoms with E-state index in [2.05, 4.69) is 25.3 Å². The van der Waals surface area contributed by atoms with Crippen molar-refractivity contribution >= 4 is 0 Å². The predicted octanol–water partition coefficient (Wildman–Crippen LogP) is 0.926. The van der Waals surface area contributed by atoms with Gasteiger partial charge in [0, 0.05) is 13.2 Å². The maximum Gasteiger partial charge on any atom is 0.284 e. The van der Waals surface area contributed by atoms with Gasteiger partial charge in [0.1, 0.15) is 6.33 Å². The fourth-order valence-electron chi connectivity index (χ4n) is 1.23. The molecule has 2 aromatic heterocycles. The van der Waals surface area contributed by atoms with E-state index in [0.29, 0.717) is 24.9 Å². The van der Waals surface area contributed by atoms with Gasteiger partial charge in [-0.05, 0) is 13.8 Å². The number of aromatic amines is 1. The summed E-state index contributed by atoms with van der Waals surface area (Å²) in [5, 5.41) is 10.1. The zero-order valence-electron chi connectivity index (χ0n) is 9.58. The summed E-state index contributed by atoms with van der Waals surface area (Å²) in [5.41, 5.74) is 0. The maximum atomic E-state index is 5.33. The largest absolute Gasteiger partial charge is 0.345 e. The van der Waals surface area contributed by atoms with E-state index in [1.165, 1.54) is 6.33 Å². The van der Waals surface area contributed by atoms with E-state index in [1.807, 2.05) is 13.8 Å². The second-order valence-electron chi connectivity index (χ2n) is 3.03. The van der Waals surface area contributed by atoms with Crippen LogP contribution >= 0.6 is 0 Å². The molecule has 0 amide bonds. The van der Waals surface area contributed by atoms with Crippen LogP contribution in [0.2, 0.25) is 0 Å². The standard InChI is InChI=1S/C9H13N5O3/c1-3-15-9(16-4-2)8-12-7(14-17-8)6-10-5-11-13-6/h5,9H,3-4H2,1-2H3,(H,10,11,13). The van der Waals surface area contributed by atoms with Gasteiger partial charge in [0.05, 0.1) is 0 Å². The summed E-state index contributed by atoms with van der Waals surface area (Å²) < 4.78 is 15.7. The Morgan fingerprint density at radius 3 is 2.71 bits per heavy atom. The van der Waals surface area contributed by atoms with Crippen LogP contribution in [-0.2, 0) is 9.47 Å². The van der Waals surface area contributed by atoms with Crippen LogP contribution in [0.1, 0.15) is 26.0 Å². The average Bonchev–Trinajstić information content (AvgIpc) is 2.99. The molecule has 0 aliphatic carbocycles. The fraction of sp³-hybridized carbons (Fsp3) is 0.556. The Hall–Kier alpha value is -1.80. The van der Waals surface area contributed by atoms with Crippen molar-refractivity contribution < 1.29 is 14.0 Å². The number of aromatic nitrogens is 5. The Balaban J connectivity index is 2.15. The molecular formula is C9H13N5O3. The molecule has 92 valence electrons. The molecule has 8 nitrogen and oxygen atoms in total. The second-order valence-corrected chi connectivity index (χ2v) is 3.03. The van der Waals surface area contributed by atoms with E-state index in [9.17, 15) is 0 Å². The summed E-state index contributed by atoms with van der Waals surface area (Å²) in [6, 6.07) is 0. The topological polar surface area (TPSA) is 99.0 Å². The van der Waals surface area contributed by atoms with Gasteiger partial charge >= 0.3 is 0 Å². The number of nitrogens with one attached hydrogen (secondary N) is 1. The molecule has 2 heterocycles. The lowest BCUT2D eigenvalue weighted by Gasteiger charge is -2.11. The monoisotopic (exact) mass is 239 g/mol. The number of nitrogens with zero attached hydrogens (tertiary/aromatic N) is 4. The number of hydrogen-bond acceptors (Lipinski definition) is 7. The molecule has 0 aliphatic rings. The van der Waals surface area contributed by atoms with Crippen LogP contribution < -0.4 is 0 Å². The van der Waals surface area contributed by atoms with Gasteiger partial charge in [0.15, 0.2) is 5.82 Å². The van der Waals surface area contributed by atoms with Crippen molar-refractivity contribution in [3.8, 4) is 11.6 Å². The van der Waals surface area contributed by atoms with Crippen molar-refractivity contribution in [2.24, 2.45) is 0 Å². The maximum absolute atomic E-state index is 5.33. The molecule has 1 N–H and O–H groups in total. The molecule has 0 saturated heterocycles. The van der Waals surface area contributed by atoms with Crippen molar-refractivity contribution in [2.45, 2.75) is 20.1 Å². The zero-order valence-corrected chi connectivity index (χ0v) is 9.58. The summed E-state index contributed by atoms with van der Waals surface area (Å²) in [6.45, 7) is 4.70. The number of rotatable bonds is 6. The minimum Gasteiger partial charge on any atom is -0.345 e. The van der Waals surface area contributed by atoms with E-state index in [4.69, 9.17) is 14.0 Å². The first-order chi connectivity index (χ1) is 8.35. The number of H-pyrrole nitrogens is 1. The smallest absolute Gasteiger partial charge is 0.284 e. The molecule has 0 fully saturated rings. The highest BCUT2D eigenvalue weighted by atomic mass is 16.7. The molecule has 2 aromatic rings. The molecule has 0 unspecified atom stereocenters. The molecule has 0 radical (unpaired) electrons. The third-order valence-electron chi connectivity index (χ3n) is 1.91. The predicted molar refractivity (Wildman–Crippen MR) is 55.7 cm³/mol. The first-order valence-corrected chi connectivity index (χ1v) is 5.27. The highest BCUT2D eigenvalue weighted by molar-refractivity contribution is 5.39. The molecule has 0 aromatic carbocycles. The molecule has 0 spiro atoms. The average molecular weight is 239 g/mol. The molecule has 0 aliphatic heterocycles. The Morgan fingerprint density at radius 1 is 1.35 bits per heavy atom. The lowest BCUT2D eigenvalue weighted by Crippen LogP contribution is -2.09. The van der Waals surface area contributed by atoms with E-state index < -0.39 is 6.29 Å². The summed E-state index contributed by atoms with van der Waals surface area (Å²) in [6.07, 6.45) is 0.725. The van der Waals surface area contributed by atoms with Gasteiger partial charge in [-0.15, -0.1) is 0 Å². The lowest BCUT2D eigenvalue weighted by molar-refractivity contribution is -0.155. The van der Waals surface area contributed by atoms with Crippen molar-refractivity contribution in [2.75, 3.05) is 13.2 Å². The Labute approximate surface area is 97.3 Å². The van der Waals surface area contributed by atoms with Crippen LogP contribution in [0.4, 0.5) is 0 Å². The van der Waals surface area contributed by atoms with Crippen molar-refractivity contribution in [1.82, 2.24) is 25.3 Å². The first kappa shape index (κ1) is 11.7. The quantitative estimate of drug-likeness (QED) is 0.748. The van der Waals surface area contributed by atoms with Crippen LogP contribution in [0.15, 0.2) is 10.9 Å². The summed E-state index contributed by atoms with van der Waals surface area (Å²) in [4.78, 5) is 8.05. The van der Waals surface area contributed by atoms with Crippen molar-refractivity contribution in [1.29, 1.82) is 0 Å². The van der Waals surface area contributed by atoms with E-state index in [-0.39, 0.29) is 5.89 Å². The Kier molecular flexibility index (Phi) is 3.78. The molecule has 8 heteroatoms. The van der Waals surface area contributed by atoms with Crippen LogP contribution in [0.25, 0.3) is 11.6 Å². The summed E-state index contributed by atoms with van der Waals surface area (Å²) in [5.74, 6) is 1.02. The lowest BCUT2D eigenvalue weighted by atomic mass is 10.5. The van der Waals surface area contributed by atoms with E-state index in [0.717, 1.165) is 0 Å². The van der Waals surface area contributed by atoms with Crippen LogP contribution in [0.5, 0.6) is 0 Å². The Morgan fingerprint density at radius 2 is 2.12 bits per heavy atom. The third kappa shape index (κ3) is 2.66. The molecular weight excluding hydrogens is 226 g/mol. The molecule has 0 atom stereocenters. The third-order valence-corrected chi connectivity index (χ3v) is 1.91. The van der Waals surface area contributed by atoms with Gasteiger partial charge in [-0.3, -0.25) is 5.10 Å². The van der Waals surface area contributed by atoms with Crippen LogP contribution in [0, 0.1) is 0 Å². The van der Waals surface area contributed by atoms with Crippen LogP contribution in [-0.4, -0.2) is 38.5 Å². The van der Waals surface area contributed by atoms with Gasteiger partial charge in [-0.2, -0.15) is 10.1 Å². The van der Waals surface area contributed by atoms with Gasteiger partial charge < -0.3 is 14.0 Å². The van der Waals surface area contributed by atoms with Gasteiger partial charge in [0.2, 0.25) is 12.1 Å². The van der Waals surface area contributed by atoms with Gasteiger partial charge in [0.25, 0.3) is 5.89 Å².